The van der Waals surface area contributed by atoms with E-state index >= 15 is 0 Å². The Bertz CT molecular complexity index is 65.4. The minimum Gasteiger partial charge on any atom is -0.418 e. The number of rotatable bonds is 3. The smallest absolute Gasteiger partial charge is 0.418 e. The van der Waals surface area contributed by atoms with Crippen LogP contribution < -0.4 is 0 Å². The summed E-state index contributed by atoms with van der Waals surface area (Å²) in [5, 5.41) is 0. The van der Waals surface area contributed by atoms with Gasteiger partial charge in [0.05, 0.1) is 6.16 Å². The van der Waals surface area contributed by atoms with Gasteiger partial charge >= 0.3 is 7.25 Å². The van der Waals surface area contributed by atoms with Gasteiger partial charge in [-0.05, 0) is 15.0 Å². The van der Waals surface area contributed by atoms with Crippen molar-refractivity contribution in [1.29, 1.82) is 0 Å². The van der Waals surface area contributed by atoms with E-state index in [2.05, 4.69) is 13.6 Å². The van der Waals surface area contributed by atoms with Crippen LogP contribution in [0.5, 0.6) is 0 Å². The minimum absolute atomic E-state index is 0.784. The first kappa shape index (κ1) is 13.8. The second-order valence-electron chi connectivity index (χ2n) is 2.05. The topological polar surface area (TPSA) is 0 Å². The van der Waals surface area contributed by atoms with Gasteiger partial charge in [-0.25, -0.2) is 0 Å². The zero-order valence-corrected chi connectivity index (χ0v) is 7.94. The van der Waals surface area contributed by atoms with E-state index in [0.29, 0.717) is 0 Å². The van der Waals surface area contributed by atoms with E-state index in [9.17, 15) is 17.3 Å². The summed E-state index contributed by atoms with van der Waals surface area (Å²) in [5.74, 6) is 0. The third-order valence-electron chi connectivity index (χ3n) is 0.846. The van der Waals surface area contributed by atoms with E-state index in [0.717, 1.165) is 8.58 Å². The number of hydrogen-bond acceptors (Lipinski definition) is 0. The molecule has 0 fully saturated rings. The number of unbranched alkanes of at least 4 members (excludes halogenated alkanes) is 1. The van der Waals surface area contributed by atoms with Crippen LogP contribution in [0, 0.1) is 0 Å². The lowest BCUT2D eigenvalue weighted by molar-refractivity contribution is 0.368. The summed E-state index contributed by atoms with van der Waals surface area (Å²) in [7, 11) is -5.22. The molecule has 0 N–H and O–H groups in total. The Hall–Kier alpha value is 0.215. The van der Waals surface area contributed by atoms with Crippen LogP contribution in [0.4, 0.5) is 17.3 Å². The molecule has 0 saturated heterocycles. The Morgan fingerprint density at radius 1 is 1.18 bits per heavy atom. The molecule has 0 aliphatic rings. The van der Waals surface area contributed by atoms with E-state index < -0.39 is 7.25 Å². The maximum atomic E-state index is 9.75. The molecule has 0 aliphatic heterocycles. The molecule has 11 heavy (non-hydrogen) atoms. The van der Waals surface area contributed by atoms with Crippen molar-refractivity contribution < 1.29 is 17.3 Å². The van der Waals surface area contributed by atoms with Crippen molar-refractivity contribution in [1.82, 2.24) is 0 Å². The maximum absolute atomic E-state index is 9.75. The SMILES string of the molecule is CCCC[PH2+]C.F[B-](F)(F)F. The molecule has 0 nitrogen and oxygen atoms in total. The summed E-state index contributed by atoms with van der Waals surface area (Å²) < 4.78 is 39.0. The lowest BCUT2D eigenvalue weighted by atomic mass is 10.3. The Kier molecular flexibility index (Phi) is 10.4. The van der Waals surface area contributed by atoms with E-state index in [1.807, 2.05) is 0 Å². The van der Waals surface area contributed by atoms with Crippen molar-refractivity contribution in [2.45, 2.75) is 19.8 Å². The Morgan fingerprint density at radius 2 is 1.55 bits per heavy atom. The second-order valence-corrected chi connectivity index (χ2v) is 3.44. The lowest BCUT2D eigenvalue weighted by Gasteiger charge is -1.94. The van der Waals surface area contributed by atoms with Gasteiger partial charge in [0.25, 0.3) is 0 Å². The molecular formula is C5H14BF4P. The zero-order chi connectivity index (χ0) is 9.33. The summed E-state index contributed by atoms with van der Waals surface area (Å²) in [6.07, 6.45) is 4.32. The molecule has 0 spiro atoms. The molecule has 0 rings (SSSR count). The van der Waals surface area contributed by atoms with Crippen molar-refractivity contribution in [3.63, 3.8) is 0 Å². The normalized spacial score (nSPS) is 11.5. The predicted molar refractivity (Wildman–Crippen MR) is 45.6 cm³/mol. The molecule has 6 heteroatoms. The van der Waals surface area contributed by atoms with Crippen LogP contribution in [0.25, 0.3) is 0 Å². The van der Waals surface area contributed by atoms with Crippen LogP contribution in [0.15, 0.2) is 0 Å². The van der Waals surface area contributed by atoms with Gasteiger partial charge in [-0.15, -0.1) is 0 Å². The largest absolute Gasteiger partial charge is 0.673 e. The first-order valence-corrected chi connectivity index (χ1v) is 5.54. The number of hydrogen-bond donors (Lipinski definition) is 0. The van der Waals surface area contributed by atoms with Crippen molar-refractivity contribution in [3.8, 4) is 0 Å². The van der Waals surface area contributed by atoms with E-state index in [1.54, 1.807) is 0 Å². The van der Waals surface area contributed by atoms with Crippen LogP contribution in [0.3, 0.4) is 0 Å². The van der Waals surface area contributed by atoms with Crippen molar-refractivity contribution >= 4 is 15.8 Å². The van der Waals surface area contributed by atoms with Gasteiger partial charge in [-0.3, -0.25) is 0 Å². The van der Waals surface area contributed by atoms with Gasteiger partial charge in [0, 0.05) is 6.66 Å². The third-order valence-corrected chi connectivity index (χ3v) is 1.83. The molecule has 1 unspecified atom stereocenters. The summed E-state index contributed by atoms with van der Waals surface area (Å²) in [6.45, 7) is 4.56. The Morgan fingerprint density at radius 3 is 1.64 bits per heavy atom. The molecule has 0 radical (unpaired) electrons. The average molecular weight is 192 g/mol. The molecule has 0 heterocycles. The molecule has 0 bridgehead atoms. The lowest BCUT2D eigenvalue weighted by Crippen LogP contribution is -2.02. The first-order valence-electron chi connectivity index (χ1n) is 3.57. The van der Waals surface area contributed by atoms with Gasteiger partial charge in [0.2, 0.25) is 0 Å². The molecule has 70 valence electrons. The van der Waals surface area contributed by atoms with Crippen LogP contribution >= 0.6 is 8.58 Å². The van der Waals surface area contributed by atoms with Gasteiger partial charge < -0.3 is 17.3 Å². The fourth-order valence-corrected chi connectivity index (χ4v) is 1.22. The van der Waals surface area contributed by atoms with E-state index in [4.69, 9.17) is 0 Å². The summed E-state index contributed by atoms with van der Waals surface area (Å²) >= 11 is 0. The molecule has 0 saturated carbocycles. The van der Waals surface area contributed by atoms with Crippen molar-refractivity contribution in [2.75, 3.05) is 12.8 Å². The molecule has 0 aromatic heterocycles. The highest BCUT2D eigenvalue weighted by Gasteiger charge is 2.20. The molecule has 1 atom stereocenters. The van der Waals surface area contributed by atoms with Crippen molar-refractivity contribution in [2.24, 2.45) is 0 Å². The average Bonchev–Trinajstić information content (AvgIpc) is 1.79. The first-order chi connectivity index (χ1) is 4.91. The monoisotopic (exact) mass is 192 g/mol. The summed E-state index contributed by atoms with van der Waals surface area (Å²) in [5.41, 5.74) is 0. The van der Waals surface area contributed by atoms with Crippen LogP contribution in [-0.4, -0.2) is 20.1 Å². The summed E-state index contributed by atoms with van der Waals surface area (Å²) in [4.78, 5) is 0. The molecule has 0 amide bonds. The fourth-order valence-electron chi connectivity index (χ4n) is 0.408. The number of halogens is 4. The van der Waals surface area contributed by atoms with Gasteiger partial charge in [-0.1, -0.05) is 13.3 Å². The van der Waals surface area contributed by atoms with E-state index in [1.165, 1.54) is 19.0 Å². The van der Waals surface area contributed by atoms with E-state index in [-0.39, 0.29) is 0 Å². The molecular weight excluding hydrogens is 178 g/mol. The van der Waals surface area contributed by atoms with Crippen molar-refractivity contribution in [3.05, 3.63) is 0 Å². The predicted octanol–water partition coefficient (Wildman–Crippen LogP) is 3.13. The fraction of sp³-hybridized carbons (Fsp3) is 1.00. The highest BCUT2D eigenvalue weighted by Crippen LogP contribution is 2.06. The molecule has 0 aromatic rings. The van der Waals surface area contributed by atoms with Crippen LogP contribution in [0.2, 0.25) is 0 Å². The molecule has 0 aromatic carbocycles. The second kappa shape index (κ2) is 8.31. The summed E-state index contributed by atoms with van der Waals surface area (Å²) in [6, 6.07) is 0. The molecule has 0 aliphatic carbocycles. The standard InChI is InChI=1S/C5H13P.BF4/c1-3-4-5-6-2;2-1(3,4)5/h6H,3-5H2,1-2H3;/q;-1/p+1. The quantitative estimate of drug-likeness (QED) is 0.279. The highest BCUT2D eigenvalue weighted by molar-refractivity contribution is 7.36. The Labute approximate surface area is 66.6 Å². The minimum atomic E-state index is -6.00. The van der Waals surface area contributed by atoms with Gasteiger partial charge in [0.1, 0.15) is 0 Å². The zero-order valence-electron chi connectivity index (χ0n) is 6.79. The third kappa shape index (κ3) is 66.7. The highest BCUT2D eigenvalue weighted by atomic mass is 31.1. The van der Waals surface area contributed by atoms with Crippen LogP contribution in [0.1, 0.15) is 19.8 Å². The Balaban J connectivity index is 0. The van der Waals surface area contributed by atoms with Crippen LogP contribution in [-0.2, 0) is 0 Å². The van der Waals surface area contributed by atoms with Gasteiger partial charge in [-0.2, -0.15) is 0 Å². The van der Waals surface area contributed by atoms with Gasteiger partial charge in [0.15, 0.2) is 0 Å². The maximum Gasteiger partial charge on any atom is 0.673 e.